The van der Waals surface area contributed by atoms with Crippen molar-refractivity contribution in [3.8, 4) is 0 Å². The first-order valence-corrected chi connectivity index (χ1v) is 12.2. The van der Waals surface area contributed by atoms with Crippen LogP contribution in [0.15, 0.2) is 24.3 Å². The van der Waals surface area contributed by atoms with Gasteiger partial charge >= 0.3 is 0 Å². The van der Waals surface area contributed by atoms with Crippen LogP contribution in [-0.2, 0) is 4.79 Å². The Balaban J connectivity index is 1.40. The first kappa shape index (κ1) is 18.8. The summed E-state index contributed by atoms with van der Waals surface area (Å²) in [6, 6.07) is 7.98. The maximum atomic E-state index is 13.6. The van der Waals surface area contributed by atoms with Crippen molar-refractivity contribution in [3.63, 3.8) is 0 Å². The average molecular weight is 418 g/mol. The first-order valence-electron chi connectivity index (χ1n) is 10.4. The molecule has 0 aliphatic heterocycles. The molecule has 1 heterocycles. The molecule has 2 N–H and O–H groups in total. The number of carbonyl (C=O) groups is 1. The van der Waals surface area contributed by atoms with E-state index in [9.17, 15) is 4.79 Å². The molecular formula is C22H28ClN3OS. The summed E-state index contributed by atoms with van der Waals surface area (Å²) in [7, 11) is 0. The molecule has 0 saturated heterocycles. The third-order valence-electron chi connectivity index (χ3n) is 7.13. The van der Waals surface area contributed by atoms with Crippen LogP contribution in [0, 0.1) is 17.3 Å². The largest absolute Gasteiger partial charge is 0.346 e. The molecule has 4 aliphatic rings. The molecule has 2 unspecified atom stereocenters. The van der Waals surface area contributed by atoms with Crippen LogP contribution in [0.4, 0.5) is 0 Å². The molecule has 1 amide bonds. The number of aromatic amines is 1. The number of nitrogens with zero attached hydrogens (tertiary/aromatic N) is 1. The number of aromatic nitrogens is 2. The van der Waals surface area contributed by atoms with Gasteiger partial charge in [-0.05, 0) is 80.9 Å². The number of alkyl halides is 1. The fourth-order valence-corrected chi connectivity index (χ4v) is 7.54. The van der Waals surface area contributed by atoms with Crippen LogP contribution in [0.3, 0.4) is 0 Å². The number of amides is 1. The molecule has 4 bridgehead atoms. The molecule has 4 nitrogen and oxygen atoms in total. The predicted octanol–water partition coefficient (Wildman–Crippen LogP) is 5.05. The van der Waals surface area contributed by atoms with Crippen LogP contribution in [0.25, 0.3) is 11.0 Å². The zero-order chi connectivity index (χ0) is 19.4. The van der Waals surface area contributed by atoms with Gasteiger partial charge in [0.05, 0.1) is 22.5 Å². The second-order valence-electron chi connectivity index (χ2n) is 9.34. The van der Waals surface area contributed by atoms with Gasteiger partial charge in [-0.2, -0.15) is 11.8 Å². The molecule has 4 fully saturated rings. The van der Waals surface area contributed by atoms with E-state index in [1.165, 1.54) is 6.42 Å². The molecule has 6 heteroatoms. The van der Waals surface area contributed by atoms with E-state index in [4.69, 9.17) is 16.6 Å². The summed E-state index contributed by atoms with van der Waals surface area (Å²) < 4.78 is 0. The highest BCUT2D eigenvalue weighted by Gasteiger charge is 2.60. The molecule has 6 rings (SSSR count). The van der Waals surface area contributed by atoms with Crippen molar-refractivity contribution in [3.05, 3.63) is 30.1 Å². The molecule has 1 aromatic carbocycles. The highest BCUT2D eigenvalue weighted by atomic mass is 35.5. The van der Waals surface area contributed by atoms with Crippen molar-refractivity contribution >= 4 is 40.3 Å². The lowest BCUT2D eigenvalue weighted by Crippen LogP contribution is -2.58. The van der Waals surface area contributed by atoms with Crippen LogP contribution in [-0.4, -0.2) is 32.8 Å². The summed E-state index contributed by atoms with van der Waals surface area (Å²) in [5.74, 6) is 3.31. The number of benzene rings is 1. The van der Waals surface area contributed by atoms with E-state index in [-0.39, 0.29) is 22.2 Å². The Bertz CT molecular complexity index is 850. The Morgan fingerprint density at radius 2 is 2.07 bits per heavy atom. The van der Waals surface area contributed by atoms with Crippen LogP contribution in [0.5, 0.6) is 0 Å². The minimum atomic E-state index is -0.268. The fourth-order valence-electron chi connectivity index (χ4n) is 6.38. The van der Waals surface area contributed by atoms with Crippen LogP contribution < -0.4 is 5.32 Å². The van der Waals surface area contributed by atoms with Gasteiger partial charge in [0.1, 0.15) is 5.82 Å². The number of imidazole rings is 1. The van der Waals surface area contributed by atoms with Gasteiger partial charge in [-0.1, -0.05) is 12.1 Å². The molecule has 4 saturated carbocycles. The summed E-state index contributed by atoms with van der Waals surface area (Å²) in [6.45, 7) is 0. The van der Waals surface area contributed by atoms with Crippen LogP contribution in [0.1, 0.15) is 56.8 Å². The molecular weight excluding hydrogens is 390 g/mol. The van der Waals surface area contributed by atoms with Crippen LogP contribution in [0.2, 0.25) is 0 Å². The summed E-state index contributed by atoms with van der Waals surface area (Å²) in [5.41, 5.74) is 1.71. The third-order valence-corrected chi connectivity index (χ3v) is 8.21. The van der Waals surface area contributed by atoms with Gasteiger partial charge in [-0.15, -0.1) is 11.6 Å². The summed E-state index contributed by atoms with van der Waals surface area (Å²) in [4.78, 5) is 21.6. The number of hydrogen-bond acceptors (Lipinski definition) is 3. The standard InChI is InChI=1S/C22H28ClN3OS/c1-28-7-6-18(19-24-16-4-2-3-5-17(16)25-19)26-20(27)21-9-14-8-15(10-21)12-22(23,11-14)13-21/h2-5,14-15,18H,6-13H2,1H3,(H,24,25)(H,26,27)/t14-,15+,18-,21?,22?/m0/s1. The lowest BCUT2D eigenvalue weighted by molar-refractivity contribution is -0.145. The molecule has 150 valence electrons. The molecule has 5 atom stereocenters. The third kappa shape index (κ3) is 3.24. The first-order chi connectivity index (χ1) is 13.5. The predicted molar refractivity (Wildman–Crippen MR) is 116 cm³/mol. The van der Waals surface area contributed by atoms with Gasteiger partial charge in [0.2, 0.25) is 5.91 Å². The van der Waals surface area contributed by atoms with Crippen LogP contribution >= 0.6 is 23.4 Å². The van der Waals surface area contributed by atoms with E-state index >= 15 is 0 Å². The van der Waals surface area contributed by atoms with Gasteiger partial charge < -0.3 is 10.3 Å². The highest BCUT2D eigenvalue weighted by molar-refractivity contribution is 7.98. The zero-order valence-electron chi connectivity index (χ0n) is 16.3. The SMILES string of the molecule is CSCC[C@H](NC(=O)C12C[C@@H]3C[C@@H](CC(Cl)(C3)C1)C2)c1nc2ccccc2[nH]1. The van der Waals surface area contributed by atoms with E-state index in [0.717, 1.165) is 61.1 Å². The maximum absolute atomic E-state index is 13.6. The molecule has 0 spiro atoms. The van der Waals surface area contributed by atoms with E-state index in [0.29, 0.717) is 11.8 Å². The van der Waals surface area contributed by atoms with E-state index in [1.54, 1.807) is 11.8 Å². The lowest BCUT2D eigenvalue weighted by atomic mass is 9.49. The number of hydrogen-bond donors (Lipinski definition) is 2. The molecule has 2 aromatic rings. The monoisotopic (exact) mass is 417 g/mol. The Morgan fingerprint density at radius 1 is 1.32 bits per heavy atom. The van der Waals surface area contributed by atoms with Crippen molar-refractivity contribution in [2.45, 2.75) is 55.9 Å². The average Bonchev–Trinajstić information content (AvgIpc) is 3.07. The Labute approximate surface area is 175 Å². The van der Waals surface area contributed by atoms with Gasteiger partial charge in [-0.25, -0.2) is 4.98 Å². The Hall–Kier alpha value is -1.20. The van der Waals surface area contributed by atoms with Crippen molar-refractivity contribution in [1.82, 2.24) is 15.3 Å². The molecule has 28 heavy (non-hydrogen) atoms. The maximum Gasteiger partial charge on any atom is 0.226 e. The minimum absolute atomic E-state index is 0.0772. The number of fused-ring (bicyclic) bond motifs is 1. The molecule has 1 aromatic heterocycles. The van der Waals surface area contributed by atoms with E-state index < -0.39 is 0 Å². The Morgan fingerprint density at radius 3 is 2.75 bits per heavy atom. The number of carbonyl (C=O) groups excluding carboxylic acids is 1. The number of para-hydroxylation sites is 2. The van der Waals surface area contributed by atoms with Gasteiger partial charge in [0, 0.05) is 4.87 Å². The molecule has 0 radical (unpaired) electrons. The number of H-pyrrole nitrogens is 1. The fraction of sp³-hybridized carbons (Fsp3) is 0.636. The van der Waals surface area contributed by atoms with Gasteiger partial charge in [-0.3, -0.25) is 4.79 Å². The minimum Gasteiger partial charge on any atom is -0.346 e. The second kappa shape index (κ2) is 6.94. The second-order valence-corrected chi connectivity index (χ2v) is 11.1. The molecule has 4 aliphatic carbocycles. The topological polar surface area (TPSA) is 57.8 Å². The van der Waals surface area contributed by atoms with E-state index in [1.807, 2.05) is 24.3 Å². The zero-order valence-corrected chi connectivity index (χ0v) is 17.9. The smallest absolute Gasteiger partial charge is 0.226 e. The lowest BCUT2D eigenvalue weighted by Gasteiger charge is -2.59. The number of nitrogens with one attached hydrogen (secondary N) is 2. The van der Waals surface area contributed by atoms with Crippen molar-refractivity contribution in [2.24, 2.45) is 17.3 Å². The highest BCUT2D eigenvalue weighted by Crippen LogP contribution is 2.63. The number of rotatable bonds is 6. The van der Waals surface area contributed by atoms with Crippen molar-refractivity contribution in [2.75, 3.05) is 12.0 Å². The Kier molecular flexibility index (Phi) is 4.66. The summed E-state index contributed by atoms with van der Waals surface area (Å²) in [6.07, 6.45) is 9.31. The normalized spacial score (nSPS) is 34.6. The number of thioether (sulfide) groups is 1. The van der Waals surface area contributed by atoms with Gasteiger partial charge in [0.25, 0.3) is 0 Å². The van der Waals surface area contributed by atoms with E-state index in [2.05, 4.69) is 16.6 Å². The quantitative estimate of drug-likeness (QED) is 0.646. The summed E-state index contributed by atoms with van der Waals surface area (Å²) in [5, 5.41) is 3.40. The van der Waals surface area contributed by atoms with Crippen molar-refractivity contribution < 1.29 is 4.79 Å². The number of halogens is 1. The summed E-state index contributed by atoms with van der Waals surface area (Å²) >= 11 is 8.76. The van der Waals surface area contributed by atoms with Gasteiger partial charge in [0.15, 0.2) is 0 Å². The van der Waals surface area contributed by atoms with Crippen molar-refractivity contribution in [1.29, 1.82) is 0 Å².